The van der Waals surface area contributed by atoms with Gasteiger partial charge in [0.2, 0.25) is 5.91 Å². The number of carbonyl (C=O) groups excluding carboxylic acids is 1. The summed E-state index contributed by atoms with van der Waals surface area (Å²) in [7, 11) is 0. The molecule has 0 saturated carbocycles. The molecular weight excluding hydrogens is 372 g/mol. The zero-order chi connectivity index (χ0) is 20.0. The van der Waals surface area contributed by atoms with Crippen LogP contribution in [0.25, 0.3) is 0 Å². The van der Waals surface area contributed by atoms with Crippen molar-refractivity contribution in [2.24, 2.45) is 0 Å². The number of aliphatic hydroxyl groups excluding tert-OH is 1. The van der Waals surface area contributed by atoms with E-state index in [1.807, 2.05) is 30.3 Å². The van der Waals surface area contributed by atoms with Gasteiger partial charge in [-0.3, -0.25) is 19.7 Å². The molecule has 1 aromatic carbocycles. The fourth-order valence-electron chi connectivity index (χ4n) is 2.92. The van der Waals surface area contributed by atoms with Crippen molar-refractivity contribution in [1.29, 1.82) is 0 Å². The van der Waals surface area contributed by atoms with Crippen LogP contribution in [-0.4, -0.2) is 73.9 Å². The minimum Gasteiger partial charge on any atom is -0.480 e. The minimum atomic E-state index is -1.42. The number of hydrogen-bond acceptors (Lipinski definition) is 6. The summed E-state index contributed by atoms with van der Waals surface area (Å²) in [4.78, 5) is 36.8. The molecule has 1 amide bonds. The summed E-state index contributed by atoms with van der Waals surface area (Å²) in [5.74, 6) is -2.46. The summed E-state index contributed by atoms with van der Waals surface area (Å²) in [6.45, 7) is 0.870. The number of carboxylic acid groups (broad SMARTS) is 2. The maximum atomic E-state index is 12.6. The van der Waals surface area contributed by atoms with Crippen molar-refractivity contribution in [1.82, 2.24) is 10.2 Å². The van der Waals surface area contributed by atoms with Gasteiger partial charge < -0.3 is 20.2 Å². The van der Waals surface area contributed by atoms with Crippen LogP contribution in [0.15, 0.2) is 30.3 Å². The van der Waals surface area contributed by atoms with Crippen molar-refractivity contribution in [3.8, 4) is 0 Å². The van der Waals surface area contributed by atoms with Crippen molar-refractivity contribution in [3.05, 3.63) is 35.9 Å². The third kappa shape index (κ3) is 5.21. The third-order valence-corrected chi connectivity index (χ3v) is 6.01. The Bertz CT molecular complexity index is 686. The standard InChI is InChI=1S/C18H24N2O6S/c1-12(15(22)20-9-18(10-21,17(25)26)27-11-20)19-14(16(23)24)8-7-13-5-3-2-4-6-13/h2-6,12,14,19,21H,7-11H2,1H3,(H,23,24)(H,25,26)/t12-,14?,18?/m0/s1. The molecule has 1 aliphatic rings. The molecule has 0 aromatic heterocycles. The lowest BCUT2D eigenvalue weighted by Gasteiger charge is -2.25. The SMILES string of the molecule is C[C@H](NC(CCc1ccccc1)C(=O)O)C(=O)N1CSC(CO)(C(=O)O)C1. The Morgan fingerprint density at radius 2 is 1.93 bits per heavy atom. The summed E-state index contributed by atoms with van der Waals surface area (Å²) in [6, 6.07) is 7.78. The van der Waals surface area contributed by atoms with Crippen LogP contribution in [0.1, 0.15) is 18.9 Å². The average Bonchev–Trinajstić information content (AvgIpc) is 3.11. The van der Waals surface area contributed by atoms with Gasteiger partial charge in [-0.2, -0.15) is 0 Å². The van der Waals surface area contributed by atoms with E-state index in [0.29, 0.717) is 12.8 Å². The molecule has 27 heavy (non-hydrogen) atoms. The number of nitrogens with one attached hydrogen (secondary N) is 1. The molecule has 3 atom stereocenters. The van der Waals surface area contributed by atoms with E-state index >= 15 is 0 Å². The van der Waals surface area contributed by atoms with E-state index < -0.39 is 35.4 Å². The van der Waals surface area contributed by atoms with E-state index in [4.69, 9.17) is 0 Å². The summed E-state index contributed by atoms with van der Waals surface area (Å²) in [6.07, 6.45) is 0.874. The van der Waals surface area contributed by atoms with Crippen LogP contribution >= 0.6 is 11.8 Å². The van der Waals surface area contributed by atoms with Crippen molar-refractivity contribution >= 4 is 29.6 Å². The normalized spacial score (nSPS) is 21.6. The van der Waals surface area contributed by atoms with Gasteiger partial charge in [0.05, 0.1) is 18.5 Å². The first-order chi connectivity index (χ1) is 12.8. The maximum absolute atomic E-state index is 12.6. The predicted octanol–water partition coefficient (Wildman–Crippen LogP) is 0.399. The molecule has 148 valence electrons. The van der Waals surface area contributed by atoms with Crippen LogP contribution in [0.5, 0.6) is 0 Å². The number of aliphatic hydroxyl groups is 1. The highest BCUT2D eigenvalue weighted by atomic mass is 32.2. The number of aryl methyl sites for hydroxylation is 1. The van der Waals surface area contributed by atoms with Gasteiger partial charge in [-0.1, -0.05) is 30.3 Å². The van der Waals surface area contributed by atoms with E-state index in [1.165, 1.54) is 4.90 Å². The van der Waals surface area contributed by atoms with Crippen LogP contribution in [-0.2, 0) is 20.8 Å². The fraction of sp³-hybridized carbons (Fsp3) is 0.500. The van der Waals surface area contributed by atoms with Crippen LogP contribution in [0.3, 0.4) is 0 Å². The Morgan fingerprint density at radius 1 is 1.26 bits per heavy atom. The quantitative estimate of drug-likeness (QED) is 0.472. The van der Waals surface area contributed by atoms with E-state index in [0.717, 1.165) is 17.3 Å². The van der Waals surface area contributed by atoms with Crippen molar-refractivity contribution in [3.63, 3.8) is 0 Å². The highest BCUT2D eigenvalue weighted by molar-refractivity contribution is 8.01. The van der Waals surface area contributed by atoms with Gasteiger partial charge in [-0.15, -0.1) is 11.8 Å². The molecule has 0 spiro atoms. The molecule has 0 radical (unpaired) electrons. The smallest absolute Gasteiger partial charge is 0.324 e. The molecule has 2 unspecified atom stereocenters. The van der Waals surface area contributed by atoms with E-state index in [-0.39, 0.29) is 18.3 Å². The number of carbonyl (C=O) groups is 3. The molecule has 1 aromatic rings. The van der Waals surface area contributed by atoms with Crippen molar-refractivity contribution in [2.75, 3.05) is 19.0 Å². The number of carboxylic acids is 2. The Kier molecular flexibility index (Phi) is 7.23. The number of thioether (sulfide) groups is 1. The molecule has 1 fully saturated rings. The molecule has 0 aliphatic carbocycles. The Balaban J connectivity index is 1.94. The molecule has 1 aliphatic heterocycles. The Labute approximate surface area is 161 Å². The molecule has 0 bridgehead atoms. The van der Waals surface area contributed by atoms with E-state index in [9.17, 15) is 29.7 Å². The Hall–Kier alpha value is -2.10. The average molecular weight is 396 g/mol. The summed E-state index contributed by atoms with van der Waals surface area (Å²) < 4.78 is -1.42. The number of amides is 1. The lowest BCUT2D eigenvalue weighted by molar-refractivity contribution is -0.142. The molecule has 1 heterocycles. The fourth-order valence-corrected chi connectivity index (χ4v) is 4.00. The zero-order valence-corrected chi connectivity index (χ0v) is 15.8. The second-order valence-electron chi connectivity index (χ2n) is 6.57. The van der Waals surface area contributed by atoms with Crippen LogP contribution in [0.4, 0.5) is 0 Å². The van der Waals surface area contributed by atoms with Crippen LogP contribution in [0, 0.1) is 0 Å². The van der Waals surface area contributed by atoms with Gasteiger partial charge in [-0.05, 0) is 25.3 Å². The molecule has 4 N–H and O–H groups in total. The van der Waals surface area contributed by atoms with Gasteiger partial charge in [-0.25, -0.2) is 0 Å². The third-order valence-electron chi connectivity index (χ3n) is 4.58. The molecule has 2 rings (SSSR count). The number of aliphatic carboxylic acids is 2. The van der Waals surface area contributed by atoms with Gasteiger partial charge >= 0.3 is 11.9 Å². The van der Waals surface area contributed by atoms with Crippen molar-refractivity contribution < 1.29 is 29.7 Å². The van der Waals surface area contributed by atoms with Gasteiger partial charge in [0.25, 0.3) is 0 Å². The zero-order valence-electron chi connectivity index (χ0n) is 15.0. The maximum Gasteiger partial charge on any atom is 0.324 e. The number of nitrogens with zero attached hydrogens (tertiary/aromatic N) is 1. The predicted molar refractivity (Wildman–Crippen MR) is 100 cm³/mol. The van der Waals surface area contributed by atoms with E-state index in [1.54, 1.807) is 6.92 Å². The lowest BCUT2D eigenvalue weighted by atomic mass is 10.0. The second kappa shape index (κ2) is 9.20. The lowest BCUT2D eigenvalue weighted by Crippen LogP contribution is -2.52. The second-order valence-corrected chi connectivity index (χ2v) is 7.90. The Morgan fingerprint density at radius 3 is 2.44 bits per heavy atom. The van der Waals surface area contributed by atoms with Crippen molar-refractivity contribution in [2.45, 2.75) is 36.6 Å². The van der Waals surface area contributed by atoms with Gasteiger partial charge in [0.1, 0.15) is 6.04 Å². The largest absolute Gasteiger partial charge is 0.480 e. The molecule has 1 saturated heterocycles. The van der Waals surface area contributed by atoms with E-state index in [2.05, 4.69) is 5.32 Å². The summed E-state index contributed by atoms with van der Waals surface area (Å²) >= 11 is 0.996. The minimum absolute atomic E-state index is 0.115. The van der Waals surface area contributed by atoms with Gasteiger partial charge in [0, 0.05) is 6.54 Å². The first-order valence-corrected chi connectivity index (χ1v) is 9.57. The number of benzene rings is 1. The summed E-state index contributed by atoms with van der Waals surface area (Å²) in [5, 5.41) is 30.9. The van der Waals surface area contributed by atoms with Crippen LogP contribution < -0.4 is 5.32 Å². The molecular formula is C18H24N2O6S. The first kappa shape index (κ1) is 21.2. The highest BCUT2D eigenvalue weighted by Crippen LogP contribution is 2.34. The highest BCUT2D eigenvalue weighted by Gasteiger charge is 2.47. The number of rotatable bonds is 9. The first-order valence-electron chi connectivity index (χ1n) is 8.59. The summed E-state index contributed by atoms with van der Waals surface area (Å²) in [5.41, 5.74) is 1.01. The van der Waals surface area contributed by atoms with Gasteiger partial charge in [0.15, 0.2) is 4.75 Å². The topological polar surface area (TPSA) is 127 Å². The van der Waals surface area contributed by atoms with Crippen LogP contribution in [0.2, 0.25) is 0 Å². The number of hydrogen-bond donors (Lipinski definition) is 4. The monoisotopic (exact) mass is 396 g/mol. The molecule has 8 nitrogen and oxygen atoms in total. The molecule has 9 heteroatoms.